The molecule has 0 unspecified atom stereocenters. The number of benzene rings is 2. The topological polar surface area (TPSA) is 98.3 Å². The Labute approximate surface area is 193 Å². The molecule has 2 aromatic carbocycles. The summed E-state index contributed by atoms with van der Waals surface area (Å²) >= 11 is 3.20. The van der Waals surface area contributed by atoms with Gasteiger partial charge in [-0.3, -0.25) is 14.2 Å². The van der Waals surface area contributed by atoms with Crippen LogP contribution in [0.25, 0.3) is 16.7 Å². The first-order valence-electron chi connectivity index (χ1n) is 9.87. The summed E-state index contributed by atoms with van der Waals surface area (Å²) in [6, 6.07) is 10.9. The van der Waals surface area contributed by atoms with E-state index in [1.54, 1.807) is 30.4 Å². The van der Waals surface area contributed by atoms with Crippen molar-refractivity contribution in [2.24, 2.45) is 7.05 Å². The lowest BCUT2D eigenvalue weighted by molar-refractivity contribution is 0.475. The number of nitrogens with one attached hydrogen (secondary N) is 1. The molecule has 2 N–H and O–H groups in total. The first-order chi connectivity index (χ1) is 15.8. The molecule has 0 saturated carbocycles. The number of fused-ring (bicyclic) bond motifs is 1. The third-order valence-corrected chi connectivity index (χ3v) is 5.90. The molecule has 0 bridgehead atoms. The minimum Gasteiger partial charge on any atom is -0.508 e. The van der Waals surface area contributed by atoms with Crippen LogP contribution in [-0.2, 0) is 7.05 Å². The molecule has 0 spiro atoms. The molecule has 5 rings (SSSR count). The second-order valence-corrected chi connectivity index (χ2v) is 8.51. The molecule has 0 aliphatic heterocycles. The number of aryl methyl sites for hydroxylation is 1. The molecule has 0 fully saturated rings. The third-order valence-electron chi connectivity index (χ3n) is 5.40. The molecule has 0 saturated heterocycles. The highest BCUT2D eigenvalue weighted by molar-refractivity contribution is 9.10. The Morgan fingerprint density at radius 2 is 1.79 bits per heavy atom. The van der Waals surface area contributed by atoms with Gasteiger partial charge >= 0.3 is 5.69 Å². The van der Waals surface area contributed by atoms with Crippen LogP contribution in [0.5, 0.6) is 5.75 Å². The largest absolute Gasteiger partial charge is 0.508 e. The molecule has 1 aliphatic carbocycles. The van der Waals surface area contributed by atoms with E-state index in [4.69, 9.17) is 0 Å². The van der Waals surface area contributed by atoms with Gasteiger partial charge in [0.1, 0.15) is 22.6 Å². The predicted molar refractivity (Wildman–Crippen MR) is 126 cm³/mol. The average Bonchev–Trinajstić information content (AvgIpc) is 3.58. The summed E-state index contributed by atoms with van der Waals surface area (Å²) in [6.07, 6.45) is 3.37. The van der Waals surface area contributed by atoms with Crippen LogP contribution in [0.4, 0.5) is 15.8 Å². The van der Waals surface area contributed by atoms with Gasteiger partial charge in [0.25, 0.3) is 11.1 Å². The van der Waals surface area contributed by atoms with E-state index in [1.807, 2.05) is 0 Å². The molecule has 33 heavy (non-hydrogen) atoms. The van der Waals surface area contributed by atoms with E-state index in [9.17, 15) is 23.9 Å². The van der Waals surface area contributed by atoms with Gasteiger partial charge in [-0.2, -0.15) is 0 Å². The summed E-state index contributed by atoms with van der Waals surface area (Å²) in [6.45, 7) is 0. The van der Waals surface area contributed by atoms with Crippen molar-refractivity contribution in [1.82, 2.24) is 13.7 Å². The second kappa shape index (κ2) is 7.59. The van der Waals surface area contributed by atoms with Gasteiger partial charge < -0.3 is 10.4 Å². The van der Waals surface area contributed by atoms with Crippen molar-refractivity contribution in [3.05, 3.63) is 102 Å². The number of allylic oxidation sites excluding steroid dienone is 2. The maximum atomic E-state index is 14.5. The molecule has 1 aliphatic rings. The molecule has 166 valence electrons. The third kappa shape index (κ3) is 3.48. The number of rotatable bonds is 4. The number of nitrogens with zero attached hydrogens (tertiary/aromatic N) is 3. The van der Waals surface area contributed by atoms with Crippen LogP contribution in [0.1, 0.15) is 6.04 Å². The van der Waals surface area contributed by atoms with E-state index in [1.165, 1.54) is 46.5 Å². The maximum Gasteiger partial charge on any atom is 0.338 e. The summed E-state index contributed by atoms with van der Waals surface area (Å²) in [4.78, 5) is 39.7. The lowest BCUT2D eigenvalue weighted by Gasteiger charge is -2.19. The lowest BCUT2D eigenvalue weighted by Crippen LogP contribution is -2.41. The zero-order chi connectivity index (χ0) is 23.4. The molecule has 2 aromatic heterocycles. The Morgan fingerprint density at radius 1 is 1.03 bits per heavy atom. The Balaban J connectivity index is 1.91. The fourth-order valence-corrected chi connectivity index (χ4v) is 4.08. The van der Waals surface area contributed by atoms with E-state index >= 15 is 0 Å². The summed E-state index contributed by atoms with van der Waals surface area (Å²) in [7, 11) is 1.44. The summed E-state index contributed by atoms with van der Waals surface area (Å²) in [5.41, 5.74) is -1.42. The van der Waals surface area contributed by atoms with Gasteiger partial charge in [0.15, 0.2) is 0 Å². The number of aromatic nitrogens is 3. The van der Waals surface area contributed by atoms with E-state index in [0.717, 1.165) is 4.57 Å². The molecule has 8 nitrogen and oxygen atoms in total. The highest BCUT2D eigenvalue weighted by Crippen LogP contribution is 2.28. The molecule has 0 atom stereocenters. The Bertz CT molecular complexity index is 1660. The summed E-state index contributed by atoms with van der Waals surface area (Å²) in [5, 5.41) is 12.9. The van der Waals surface area contributed by atoms with Crippen LogP contribution >= 0.6 is 15.9 Å². The van der Waals surface area contributed by atoms with Crippen molar-refractivity contribution in [2.45, 2.75) is 6.04 Å². The van der Waals surface area contributed by atoms with E-state index in [2.05, 4.69) is 21.2 Å². The van der Waals surface area contributed by atoms with Crippen LogP contribution in [0, 0.1) is 5.82 Å². The van der Waals surface area contributed by atoms with Gasteiger partial charge in [-0.15, -0.1) is 0 Å². The Hall–Kier alpha value is -3.92. The van der Waals surface area contributed by atoms with Crippen LogP contribution in [0.15, 0.2) is 79.5 Å². The standard InChI is InChI=1S/C23H16BrFN4O4/c1-27-19(31)11-18(26-17-8-5-12(24)9-16(17)25)20-21(27)28(14-3-2-4-15(30)10-14)23(33)29(22(20)32)13-6-7-13/h2-11,13,26,30H,1H3. The van der Waals surface area contributed by atoms with Gasteiger partial charge in [-0.05, 0) is 30.3 Å². The van der Waals surface area contributed by atoms with Crippen molar-refractivity contribution in [3.63, 3.8) is 0 Å². The lowest BCUT2D eigenvalue weighted by atomic mass is 10.2. The second-order valence-electron chi connectivity index (χ2n) is 7.59. The number of anilines is 2. The summed E-state index contributed by atoms with van der Waals surface area (Å²) < 4.78 is 18.5. The molecule has 2 heterocycles. The van der Waals surface area contributed by atoms with Gasteiger partial charge in [0, 0.05) is 23.7 Å². The van der Waals surface area contributed by atoms with E-state index in [-0.39, 0.29) is 33.8 Å². The van der Waals surface area contributed by atoms with Crippen molar-refractivity contribution in [2.75, 3.05) is 5.32 Å². The van der Waals surface area contributed by atoms with Gasteiger partial charge in [-0.25, -0.2) is 18.3 Å². The van der Waals surface area contributed by atoms with Crippen molar-refractivity contribution >= 4 is 38.3 Å². The number of phenols is 1. The average molecular weight is 511 g/mol. The number of halogens is 2. The zero-order valence-corrected chi connectivity index (χ0v) is 18.7. The molecule has 10 heteroatoms. The smallest absolute Gasteiger partial charge is 0.338 e. The molecule has 0 radical (unpaired) electrons. The quantitative estimate of drug-likeness (QED) is 0.410. The maximum absolute atomic E-state index is 14.5. The first kappa shape index (κ1) is 21.0. The van der Waals surface area contributed by atoms with Crippen molar-refractivity contribution in [3.8, 4) is 11.4 Å². The van der Waals surface area contributed by atoms with Crippen LogP contribution in [-0.4, -0.2) is 18.8 Å². The van der Waals surface area contributed by atoms with E-state index < -0.39 is 28.7 Å². The fraction of sp³-hybridized carbons (Fsp3) is 0.0870. The zero-order valence-electron chi connectivity index (χ0n) is 17.1. The van der Waals surface area contributed by atoms with Crippen LogP contribution in [0.3, 0.4) is 0 Å². The minimum absolute atomic E-state index is 0.0139. The SMILES string of the molecule is Cn1c(=O)cc(Nc2ccc(Br)cc2F)c2c(=O)n(C3C=C3)c(=O)n(-c3cccc(O)c3)c21. The number of pyridine rings is 1. The normalized spacial score (nSPS) is 12.9. The van der Waals surface area contributed by atoms with Crippen LogP contribution < -0.4 is 22.1 Å². The number of hydrogen-bond donors (Lipinski definition) is 2. The molecular weight excluding hydrogens is 495 g/mol. The van der Waals surface area contributed by atoms with Gasteiger partial charge in [-0.1, -0.05) is 34.1 Å². The molecule has 0 amide bonds. The Morgan fingerprint density at radius 3 is 2.45 bits per heavy atom. The highest BCUT2D eigenvalue weighted by atomic mass is 79.9. The van der Waals surface area contributed by atoms with Gasteiger partial charge in [0.05, 0.1) is 23.1 Å². The fourth-order valence-electron chi connectivity index (χ4n) is 3.75. The van der Waals surface area contributed by atoms with Gasteiger partial charge in [0.2, 0.25) is 0 Å². The number of aromatic hydroxyl groups is 1. The van der Waals surface area contributed by atoms with E-state index in [0.29, 0.717) is 4.47 Å². The predicted octanol–water partition coefficient (Wildman–Crippen LogP) is 3.31. The van der Waals surface area contributed by atoms with Crippen molar-refractivity contribution < 1.29 is 9.50 Å². The first-order valence-corrected chi connectivity index (χ1v) is 10.7. The summed E-state index contributed by atoms with van der Waals surface area (Å²) in [5.74, 6) is -0.685. The van der Waals surface area contributed by atoms with Crippen molar-refractivity contribution in [1.29, 1.82) is 0 Å². The molecular formula is C23H16BrFN4O4. The monoisotopic (exact) mass is 510 g/mol. The number of hydrogen-bond acceptors (Lipinski definition) is 5. The number of phenolic OH excluding ortho intramolecular Hbond substituents is 1. The Kier molecular flexibility index (Phi) is 4.82. The highest BCUT2D eigenvalue weighted by Gasteiger charge is 2.26. The minimum atomic E-state index is -0.671. The van der Waals surface area contributed by atoms with Crippen LogP contribution in [0.2, 0.25) is 0 Å². The molecule has 4 aromatic rings.